The van der Waals surface area contributed by atoms with Gasteiger partial charge >= 0.3 is 0 Å². The van der Waals surface area contributed by atoms with Crippen molar-refractivity contribution in [2.24, 2.45) is 10.4 Å². The number of aliphatic imine (C=N–C) groups is 1. The maximum absolute atomic E-state index is 5.42. The lowest BCUT2D eigenvalue weighted by molar-refractivity contribution is 0.309. The molecule has 4 heteroatoms. The molecule has 0 aromatic heterocycles. The van der Waals surface area contributed by atoms with Crippen molar-refractivity contribution in [1.82, 2.24) is 10.2 Å². The molecular formula is C18H27N3O. The summed E-state index contributed by atoms with van der Waals surface area (Å²) >= 11 is 0. The Kier molecular flexibility index (Phi) is 4.55. The van der Waals surface area contributed by atoms with E-state index in [4.69, 9.17) is 4.74 Å². The second kappa shape index (κ2) is 6.59. The number of likely N-dealkylation sites (tertiary alicyclic amines) is 1. The Balaban J connectivity index is 1.61. The molecule has 1 aliphatic carbocycles. The molecule has 1 heterocycles. The highest BCUT2D eigenvalue weighted by Crippen LogP contribution is 2.45. The van der Waals surface area contributed by atoms with E-state index in [2.05, 4.69) is 21.3 Å². The summed E-state index contributed by atoms with van der Waals surface area (Å²) in [5, 5.41) is 3.50. The molecule has 2 fully saturated rings. The largest absolute Gasteiger partial charge is 0.496 e. The Labute approximate surface area is 133 Å². The Hall–Kier alpha value is -1.71. The van der Waals surface area contributed by atoms with Crippen LogP contribution in [-0.4, -0.2) is 38.1 Å². The van der Waals surface area contributed by atoms with Crippen molar-refractivity contribution in [2.45, 2.75) is 38.6 Å². The van der Waals surface area contributed by atoms with Gasteiger partial charge < -0.3 is 15.0 Å². The van der Waals surface area contributed by atoms with Crippen LogP contribution in [0.3, 0.4) is 0 Å². The second-order valence-electron chi connectivity index (χ2n) is 6.59. The van der Waals surface area contributed by atoms with Gasteiger partial charge in [0.2, 0.25) is 0 Å². The lowest BCUT2D eigenvalue weighted by Crippen LogP contribution is -2.40. The minimum Gasteiger partial charge on any atom is -0.496 e. The maximum Gasteiger partial charge on any atom is 0.193 e. The number of nitrogens with one attached hydrogen (secondary N) is 1. The van der Waals surface area contributed by atoms with Crippen molar-refractivity contribution < 1.29 is 4.74 Å². The number of guanidine groups is 1. The van der Waals surface area contributed by atoms with Crippen LogP contribution in [0, 0.1) is 5.41 Å². The number of rotatable bonds is 3. The Morgan fingerprint density at radius 3 is 2.77 bits per heavy atom. The summed E-state index contributed by atoms with van der Waals surface area (Å²) in [7, 11) is 3.60. The van der Waals surface area contributed by atoms with Gasteiger partial charge in [0.15, 0.2) is 5.96 Å². The van der Waals surface area contributed by atoms with Crippen LogP contribution in [-0.2, 0) is 6.54 Å². The van der Waals surface area contributed by atoms with Crippen molar-refractivity contribution in [3.05, 3.63) is 29.8 Å². The number of nitrogens with zero attached hydrogens (tertiary/aromatic N) is 2. The number of hydrogen-bond donors (Lipinski definition) is 1. The van der Waals surface area contributed by atoms with E-state index < -0.39 is 0 Å². The highest BCUT2D eigenvalue weighted by Gasteiger charge is 2.41. The van der Waals surface area contributed by atoms with Crippen molar-refractivity contribution in [3.63, 3.8) is 0 Å². The third kappa shape index (κ3) is 3.06. The van der Waals surface area contributed by atoms with Crippen molar-refractivity contribution in [3.8, 4) is 5.75 Å². The molecule has 4 nitrogen and oxygen atoms in total. The molecular weight excluding hydrogens is 274 g/mol. The van der Waals surface area contributed by atoms with Gasteiger partial charge in [-0.25, -0.2) is 0 Å². The van der Waals surface area contributed by atoms with Gasteiger partial charge in [-0.15, -0.1) is 0 Å². The van der Waals surface area contributed by atoms with Crippen molar-refractivity contribution >= 4 is 5.96 Å². The summed E-state index contributed by atoms with van der Waals surface area (Å²) in [5.74, 6) is 1.95. The van der Waals surface area contributed by atoms with Crippen LogP contribution in [0.15, 0.2) is 29.3 Å². The lowest BCUT2D eigenvalue weighted by Gasteiger charge is -2.26. The third-order valence-electron chi connectivity index (χ3n) is 5.24. The molecule has 120 valence electrons. The summed E-state index contributed by atoms with van der Waals surface area (Å²) in [5.41, 5.74) is 1.74. The summed E-state index contributed by atoms with van der Waals surface area (Å²) < 4.78 is 5.42. The van der Waals surface area contributed by atoms with Gasteiger partial charge in [-0.1, -0.05) is 31.0 Å². The highest BCUT2D eigenvalue weighted by atomic mass is 16.5. The van der Waals surface area contributed by atoms with E-state index in [0.29, 0.717) is 5.41 Å². The van der Waals surface area contributed by atoms with Gasteiger partial charge in [0, 0.05) is 32.2 Å². The molecule has 3 rings (SSSR count). The van der Waals surface area contributed by atoms with Crippen molar-refractivity contribution in [2.75, 3.05) is 27.2 Å². The Morgan fingerprint density at radius 2 is 2.05 bits per heavy atom. The van der Waals surface area contributed by atoms with E-state index in [1.54, 1.807) is 7.11 Å². The minimum absolute atomic E-state index is 0.571. The zero-order valence-electron chi connectivity index (χ0n) is 13.8. The van der Waals surface area contributed by atoms with Crippen LogP contribution in [0.1, 0.15) is 37.7 Å². The van der Waals surface area contributed by atoms with E-state index in [1.165, 1.54) is 44.2 Å². The molecule has 0 radical (unpaired) electrons. The van der Waals surface area contributed by atoms with E-state index >= 15 is 0 Å². The fourth-order valence-electron chi connectivity index (χ4n) is 4.00. The first-order valence-electron chi connectivity index (χ1n) is 8.34. The van der Waals surface area contributed by atoms with Crippen LogP contribution >= 0.6 is 0 Å². The van der Waals surface area contributed by atoms with Gasteiger partial charge in [-0.2, -0.15) is 0 Å². The number of para-hydroxylation sites is 1. The number of ether oxygens (including phenoxy) is 1. The third-order valence-corrected chi connectivity index (χ3v) is 5.24. The molecule has 1 saturated carbocycles. The molecule has 0 bridgehead atoms. The van der Waals surface area contributed by atoms with Crippen LogP contribution in [0.4, 0.5) is 0 Å². The zero-order valence-corrected chi connectivity index (χ0v) is 13.8. The van der Waals surface area contributed by atoms with E-state index in [9.17, 15) is 0 Å². The predicted molar refractivity (Wildman–Crippen MR) is 90.3 cm³/mol. The fraction of sp³-hybridized carbons (Fsp3) is 0.611. The van der Waals surface area contributed by atoms with E-state index in [0.717, 1.165) is 24.8 Å². The van der Waals surface area contributed by atoms with Crippen LogP contribution in [0.5, 0.6) is 5.75 Å². The first kappa shape index (κ1) is 15.2. The summed E-state index contributed by atoms with van der Waals surface area (Å²) in [6, 6.07) is 8.15. The molecule has 1 saturated heterocycles. The first-order chi connectivity index (χ1) is 10.8. The van der Waals surface area contributed by atoms with Gasteiger partial charge in [0.05, 0.1) is 7.11 Å². The van der Waals surface area contributed by atoms with Gasteiger partial charge in [-0.3, -0.25) is 4.99 Å². The van der Waals surface area contributed by atoms with Crippen molar-refractivity contribution in [1.29, 1.82) is 0 Å². The van der Waals surface area contributed by atoms with Gasteiger partial charge in [0.1, 0.15) is 5.75 Å². The van der Waals surface area contributed by atoms with Gasteiger partial charge in [0.25, 0.3) is 0 Å². The highest BCUT2D eigenvalue weighted by molar-refractivity contribution is 5.80. The smallest absolute Gasteiger partial charge is 0.193 e. The predicted octanol–water partition coefficient (Wildman–Crippen LogP) is 3.04. The molecule has 1 N–H and O–H groups in total. The quantitative estimate of drug-likeness (QED) is 0.689. The number of methoxy groups -OCH3 is 1. The average molecular weight is 301 g/mol. The molecule has 0 atom stereocenters. The Bertz CT molecular complexity index is 535. The monoisotopic (exact) mass is 301 g/mol. The molecule has 2 aliphatic rings. The first-order valence-corrected chi connectivity index (χ1v) is 8.34. The Morgan fingerprint density at radius 1 is 1.27 bits per heavy atom. The van der Waals surface area contributed by atoms with Crippen LogP contribution in [0.25, 0.3) is 0 Å². The zero-order chi connectivity index (χ0) is 15.4. The molecule has 1 aromatic rings. The summed E-state index contributed by atoms with van der Waals surface area (Å²) in [6.45, 7) is 3.05. The molecule has 1 spiro atoms. The maximum atomic E-state index is 5.42. The molecule has 0 unspecified atom stereocenters. The van der Waals surface area contributed by atoms with Gasteiger partial charge in [-0.05, 0) is 30.7 Å². The van der Waals surface area contributed by atoms with Crippen LogP contribution < -0.4 is 10.1 Å². The fourth-order valence-corrected chi connectivity index (χ4v) is 4.00. The standard InChI is InChI=1S/C18H27N3O/c1-19-17(20-13-15-7-3-4-8-16(15)22-2)21-12-11-18(14-21)9-5-6-10-18/h3-4,7-8H,5-6,9-14H2,1-2H3,(H,19,20). The minimum atomic E-state index is 0.571. The number of hydrogen-bond acceptors (Lipinski definition) is 2. The molecule has 0 amide bonds. The average Bonchev–Trinajstić information content (AvgIpc) is 3.19. The molecule has 22 heavy (non-hydrogen) atoms. The molecule has 1 aromatic carbocycles. The number of benzene rings is 1. The van der Waals surface area contributed by atoms with E-state index in [1.807, 2.05) is 25.2 Å². The second-order valence-corrected chi connectivity index (χ2v) is 6.59. The van der Waals surface area contributed by atoms with Crippen LogP contribution in [0.2, 0.25) is 0 Å². The lowest BCUT2D eigenvalue weighted by atomic mass is 9.86. The topological polar surface area (TPSA) is 36.9 Å². The SMILES string of the molecule is CN=C(NCc1ccccc1OC)N1CCC2(CCCC2)C1. The molecule has 1 aliphatic heterocycles. The summed E-state index contributed by atoms with van der Waals surface area (Å²) in [4.78, 5) is 6.92. The van der Waals surface area contributed by atoms with E-state index in [-0.39, 0.29) is 0 Å². The summed E-state index contributed by atoms with van der Waals surface area (Å²) in [6.07, 6.45) is 6.92. The normalized spacial score (nSPS) is 20.6.